The standard InChI is InChI=1S/C19H37N5O2/c1-18(2)15-24(19(18,3)4)17(21-14-16(25)22(5)6)20-8-7-9-23-10-12-26-13-11-23/h7-15H2,1-6H3,(H,20,21). The third kappa shape index (κ3) is 4.88. The number of carbonyl (C=O) groups is 1. The first kappa shape index (κ1) is 21.0. The summed E-state index contributed by atoms with van der Waals surface area (Å²) in [5, 5.41) is 3.50. The van der Waals surface area contributed by atoms with Crippen molar-refractivity contribution in [2.75, 3.05) is 66.6 Å². The summed E-state index contributed by atoms with van der Waals surface area (Å²) in [5.74, 6) is 0.877. The molecule has 1 amide bonds. The monoisotopic (exact) mass is 367 g/mol. The smallest absolute Gasteiger partial charge is 0.243 e. The minimum absolute atomic E-state index is 0.0181. The molecule has 7 heteroatoms. The molecule has 2 saturated heterocycles. The lowest BCUT2D eigenvalue weighted by molar-refractivity contribution is -0.127. The summed E-state index contributed by atoms with van der Waals surface area (Å²) in [6, 6.07) is 0. The first-order valence-corrected chi connectivity index (χ1v) is 9.71. The van der Waals surface area contributed by atoms with Gasteiger partial charge in [-0.2, -0.15) is 0 Å². The number of nitrogens with one attached hydrogen (secondary N) is 1. The third-order valence-electron chi connectivity index (χ3n) is 6.04. The van der Waals surface area contributed by atoms with Crippen LogP contribution >= 0.6 is 0 Å². The second kappa shape index (κ2) is 8.57. The van der Waals surface area contributed by atoms with Crippen LogP contribution in [0.2, 0.25) is 0 Å². The molecular weight excluding hydrogens is 330 g/mol. The van der Waals surface area contributed by atoms with Crippen LogP contribution in [0.4, 0.5) is 0 Å². The molecule has 0 saturated carbocycles. The van der Waals surface area contributed by atoms with Gasteiger partial charge in [-0.1, -0.05) is 13.8 Å². The molecule has 2 heterocycles. The number of aliphatic imine (C=N–C) groups is 1. The van der Waals surface area contributed by atoms with Crippen LogP contribution < -0.4 is 5.32 Å². The number of hydrogen-bond acceptors (Lipinski definition) is 4. The van der Waals surface area contributed by atoms with E-state index in [9.17, 15) is 4.79 Å². The number of rotatable bonds is 6. The van der Waals surface area contributed by atoms with Gasteiger partial charge in [0.2, 0.25) is 5.91 Å². The first-order valence-electron chi connectivity index (χ1n) is 9.71. The van der Waals surface area contributed by atoms with Crippen molar-refractivity contribution in [2.24, 2.45) is 10.4 Å². The van der Waals surface area contributed by atoms with Gasteiger partial charge < -0.3 is 19.9 Å². The van der Waals surface area contributed by atoms with Crippen LogP contribution in [0.5, 0.6) is 0 Å². The van der Waals surface area contributed by atoms with E-state index in [1.807, 2.05) is 0 Å². The highest BCUT2D eigenvalue weighted by molar-refractivity contribution is 5.86. The molecule has 26 heavy (non-hydrogen) atoms. The van der Waals surface area contributed by atoms with E-state index in [4.69, 9.17) is 4.74 Å². The van der Waals surface area contributed by atoms with Crippen molar-refractivity contribution >= 4 is 11.9 Å². The summed E-state index contributed by atoms with van der Waals surface area (Å²) in [6.45, 7) is 15.8. The number of likely N-dealkylation sites (tertiary alicyclic amines) is 1. The van der Waals surface area contributed by atoms with Gasteiger partial charge in [-0.15, -0.1) is 0 Å². The van der Waals surface area contributed by atoms with Gasteiger partial charge in [-0.3, -0.25) is 9.69 Å². The molecule has 0 aliphatic carbocycles. The van der Waals surface area contributed by atoms with Gasteiger partial charge in [-0.05, 0) is 26.8 Å². The Kier molecular flexibility index (Phi) is 6.91. The molecule has 1 N–H and O–H groups in total. The van der Waals surface area contributed by atoms with E-state index in [0.29, 0.717) is 0 Å². The Morgan fingerprint density at radius 2 is 1.85 bits per heavy atom. The van der Waals surface area contributed by atoms with Gasteiger partial charge in [0.05, 0.1) is 13.2 Å². The van der Waals surface area contributed by atoms with Crippen molar-refractivity contribution in [2.45, 2.75) is 39.7 Å². The summed E-state index contributed by atoms with van der Waals surface area (Å²) >= 11 is 0. The zero-order valence-electron chi connectivity index (χ0n) is 17.5. The third-order valence-corrected chi connectivity index (χ3v) is 6.04. The second-order valence-electron chi connectivity index (χ2n) is 8.69. The maximum atomic E-state index is 12.0. The normalized spacial score (nSPS) is 22.7. The van der Waals surface area contributed by atoms with Crippen LogP contribution in [0.25, 0.3) is 0 Å². The number of morpholine rings is 1. The van der Waals surface area contributed by atoms with E-state index in [1.165, 1.54) is 0 Å². The Morgan fingerprint density at radius 3 is 2.38 bits per heavy atom. The molecular formula is C19H37N5O2. The molecule has 0 aromatic carbocycles. The van der Waals surface area contributed by atoms with Crippen LogP contribution in [0.1, 0.15) is 34.1 Å². The predicted molar refractivity (Wildman–Crippen MR) is 105 cm³/mol. The van der Waals surface area contributed by atoms with E-state index < -0.39 is 0 Å². The molecule has 0 bridgehead atoms. The van der Waals surface area contributed by atoms with E-state index in [-0.39, 0.29) is 23.4 Å². The predicted octanol–water partition coefficient (Wildman–Crippen LogP) is 0.863. The van der Waals surface area contributed by atoms with E-state index in [1.54, 1.807) is 19.0 Å². The SMILES string of the molecule is CN(C)C(=O)CN=C(NCCCN1CCOCC1)N1CC(C)(C)C1(C)C. The minimum Gasteiger partial charge on any atom is -0.379 e. The van der Waals surface area contributed by atoms with Crippen LogP contribution in [-0.2, 0) is 9.53 Å². The van der Waals surface area contributed by atoms with Gasteiger partial charge in [-0.25, -0.2) is 4.99 Å². The van der Waals surface area contributed by atoms with Gasteiger partial charge in [0.25, 0.3) is 0 Å². The summed E-state index contributed by atoms with van der Waals surface area (Å²) < 4.78 is 5.39. The molecule has 2 rings (SSSR count). The topological polar surface area (TPSA) is 60.4 Å². The number of amides is 1. The van der Waals surface area contributed by atoms with Crippen LogP contribution in [0.3, 0.4) is 0 Å². The summed E-state index contributed by atoms with van der Waals surface area (Å²) in [6.07, 6.45) is 1.05. The van der Waals surface area contributed by atoms with Gasteiger partial charge in [0, 0.05) is 51.2 Å². The van der Waals surface area contributed by atoms with E-state index in [2.05, 4.69) is 47.8 Å². The highest BCUT2D eigenvalue weighted by Crippen LogP contribution is 2.46. The molecule has 0 aromatic rings. The van der Waals surface area contributed by atoms with Gasteiger partial charge in [0.15, 0.2) is 5.96 Å². The average molecular weight is 368 g/mol. The maximum absolute atomic E-state index is 12.0. The number of nitrogens with zero attached hydrogens (tertiary/aromatic N) is 4. The van der Waals surface area contributed by atoms with Crippen LogP contribution in [0, 0.1) is 5.41 Å². The molecule has 0 atom stereocenters. The molecule has 0 spiro atoms. The number of likely N-dealkylation sites (N-methyl/N-ethyl adjacent to an activating group) is 1. The Balaban J connectivity index is 1.90. The molecule has 0 unspecified atom stereocenters. The molecule has 0 radical (unpaired) electrons. The lowest BCUT2D eigenvalue weighted by Crippen LogP contribution is -2.72. The zero-order valence-corrected chi connectivity index (χ0v) is 17.5. The molecule has 2 fully saturated rings. The van der Waals surface area contributed by atoms with Crippen molar-refractivity contribution in [3.05, 3.63) is 0 Å². The molecule has 0 aromatic heterocycles. The van der Waals surface area contributed by atoms with Crippen molar-refractivity contribution in [1.29, 1.82) is 0 Å². The van der Waals surface area contributed by atoms with Crippen LogP contribution in [0.15, 0.2) is 4.99 Å². The Bertz CT molecular complexity index is 510. The van der Waals surface area contributed by atoms with Gasteiger partial charge in [0.1, 0.15) is 6.54 Å². The summed E-state index contributed by atoms with van der Waals surface area (Å²) in [5.41, 5.74) is 0.249. The highest BCUT2D eigenvalue weighted by Gasteiger charge is 2.53. The van der Waals surface area contributed by atoms with Crippen molar-refractivity contribution in [3.8, 4) is 0 Å². The molecule has 2 aliphatic rings. The fraction of sp³-hybridized carbons (Fsp3) is 0.895. The Hall–Kier alpha value is -1.34. The fourth-order valence-corrected chi connectivity index (χ4v) is 3.25. The first-order chi connectivity index (χ1) is 12.1. The minimum atomic E-state index is 0.0181. The second-order valence-corrected chi connectivity index (χ2v) is 8.69. The molecule has 7 nitrogen and oxygen atoms in total. The van der Waals surface area contributed by atoms with Crippen molar-refractivity contribution < 1.29 is 9.53 Å². The number of guanidine groups is 1. The highest BCUT2D eigenvalue weighted by atomic mass is 16.5. The summed E-state index contributed by atoms with van der Waals surface area (Å²) in [7, 11) is 3.54. The Morgan fingerprint density at radius 1 is 1.19 bits per heavy atom. The van der Waals surface area contributed by atoms with Crippen molar-refractivity contribution in [3.63, 3.8) is 0 Å². The lowest BCUT2D eigenvalue weighted by Gasteiger charge is -2.62. The largest absolute Gasteiger partial charge is 0.379 e. The van der Waals surface area contributed by atoms with E-state index in [0.717, 1.165) is 58.3 Å². The van der Waals surface area contributed by atoms with Gasteiger partial charge >= 0.3 is 0 Å². The van der Waals surface area contributed by atoms with Crippen molar-refractivity contribution in [1.82, 2.24) is 20.0 Å². The lowest BCUT2D eigenvalue weighted by atomic mass is 9.65. The summed E-state index contributed by atoms with van der Waals surface area (Å²) in [4.78, 5) is 22.9. The zero-order chi connectivity index (χ0) is 19.4. The number of carbonyl (C=O) groups excluding carboxylic acids is 1. The number of hydrogen-bond donors (Lipinski definition) is 1. The Labute approximate surface area is 158 Å². The quantitative estimate of drug-likeness (QED) is 0.429. The number of ether oxygens (including phenoxy) is 1. The van der Waals surface area contributed by atoms with Crippen LogP contribution in [-0.4, -0.2) is 98.7 Å². The molecule has 150 valence electrons. The average Bonchev–Trinajstić information content (AvgIpc) is 2.60. The molecule has 2 aliphatic heterocycles. The maximum Gasteiger partial charge on any atom is 0.243 e. The van der Waals surface area contributed by atoms with E-state index >= 15 is 0 Å². The fourth-order valence-electron chi connectivity index (χ4n) is 3.25.